The Bertz CT molecular complexity index is 1070. The Morgan fingerprint density at radius 3 is 2.55 bits per heavy atom. The molecule has 0 amide bonds. The molecule has 0 saturated heterocycles. The van der Waals surface area contributed by atoms with Crippen LogP contribution < -0.4 is 18.9 Å². The maximum absolute atomic E-state index is 5.82. The van der Waals surface area contributed by atoms with Gasteiger partial charge in [0.2, 0.25) is 6.79 Å². The Kier molecular flexibility index (Phi) is 4.02. The van der Waals surface area contributed by atoms with Crippen LogP contribution in [0.2, 0.25) is 0 Å². The van der Waals surface area contributed by atoms with E-state index in [1.807, 2.05) is 6.07 Å². The van der Waals surface area contributed by atoms with E-state index < -0.39 is 0 Å². The molecule has 2 aromatic carbocycles. The lowest BCUT2D eigenvalue weighted by molar-refractivity contribution is 0.174. The van der Waals surface area contributed by atoms with E-state index in [1.165, 1.54) is 28.0 Å². The van der Waals surface area contributed by atoms with E-state index in [4.69, 9.17) is 18.9 Å². The van der Waals surface area contributed by atoms with Gasteiger partial charge >= 0.3 is 0 Å². The lowest BCUT2D eigenvalue weighted by Crippen LogP contribution is -2.37. The maximum atomic E-state index is 5.82. The fourth-order valence-electron chi connectivity index (χ4n) is 4.94. The highest BCUT2D eigenvalue weighted by atomic mass is 16.7. The number of rotatable bonds is 3. The van der Waals surface area contributed by atoms with Crippen LogP contribution in [0.15, 0.2) is 36.4 Å². The number of allylic oxidation sites excluding steroid dienone is 1. The average Bonchev–Trinajstić information content (AvgIpc) is 3.18. The smallest absolute Gasteiger partial charge is 0.231 e. The molecule has 0 bridgehead atoms. The van der Waals surface area contributed by atoms with Crippen molar-refractivity contribution < 1.29 is 18.9 Å². The van der Waals surface area contributed by atoms with Gasteiger partial charge in [-0.05, 0) is 55.2 Å². The fraction of sp³-hybridized carbons (Fsp3) is 0.333. The second-order valence-electron chi connectivity index (χ2n) is 7.79. The Hall–Kier alpha value is -3.08. The minimum atomic E-state index is 0.0207. The first-order valence-corrected chi connectivity index (χ1v) is 9.86. The van der Waals surface area contributed by atoms with Gasteiger partial charge in [-0.3, -0.25) is 0 Å². The molecule has 5 heteroatoms. The molecule has 5 rings (SSSR count). The molecule has 150 valence electrons. The van der Waals surface area contributed by atoms with Crippen molar-refractivity contribution in [2.24, 2.45) is 0 Å². The normalized spacial score (nSPS) is 18.8. The fourth-order valence-corrected chi connectivity index (χ4v) is 4.94. The third-order valence-corrected chi connectivity index (χ3v) is 6.16. The molecule has 2 aromatic rings. The van der Waals surface area contributed by atoms with Gasteiger partial charge < -0.3 is 23.8 Å². The number of ether oxygens (including phenoxy) is 4. The van der Waals surface area contributed by atoms with E-state index in [0.29, 0.717) is 0 Å². The number of methoxy groups -OCH3 is 2. The predicted molar refractivity (Wildman–Crippen MR) is 113 cm³/mol. The second-order valence-corrected chi connectivity index (χ2v) is 7.79. The second kappa shape index (κ2) is 6.48. The van der Waals surface area contributed by atoms with Gasteiger partial charge in [0.25, 0.3) is 0 Å². The summed E-state index contributed by atoms with van der Waals surface area (Å²) >= 11 is 0. The molecule has 3 heterocycles. The molecule has 29 heavy (non-hydrogen) atoms. The number of nitrogens with zero attached hydrogens (tertiary/aromatic N) is 1. The van der Waals surface area contributed by atoms with Gasteiger partial charge in [0.05, 0.1) is 20.3 Å². The molecule has 3 aliphatic heterocycles. The van der Waals surface area contributed by atoms with E-state index in [-0.39, 0.29) is 12.8 Å². The molecule has 3 aliphatic rings. The van der Waals surface area contributed by atoms with Crippen LogP contribution in [0.3, 0.4) is 0 Å². The molecule has 0 aromatic heterocycles. The minimum Gasteiger partial charge on any atom is -0.493 e. The Labute approximate surface area is 171 Å². The molecular weight excluding hydrogens is 366 g/mol. The SMILES string of the molecule is C=C(C)C1c2c(ccc(OC)c2OC)C(C)=C2c3cc4c(cc3CCN21)OCO4. The highest BCUT2D eigenvalue weighted by Gasteiger charge is 2.39. The van der Waals surface area contributed by atoms with Crippen LogP contribution in [0.4, 0.5) is 0 Å². The summed E-state index contributed by atoms with van der Waals surface area (Å²) < 4.78 is 22.7. The van der Waals surface area contributed by atoms with E-state index in [9.17, 15) is 0 Å². The summed E-state index contributed by atoms with van der Waals surface area (Å²) in [4.78, 5) is 2.45. The quantitative estimate of drug-likeness (QED) is 0.703. The number of hydrogen-bond donors (Lipinski definition) is 0. The first kappa shape index (κ1) is 18.0. The van der Waals surface area contributed by atoms with E-state index in [2.05, 4.69) is 43.5 Å². The zero-order valence-electron chi connectivity index (χ0n) is 17.3. The van der Waals surface area contributed by atoms with Gasteiger partial charge in [-0.1, -0.05) is 18.2 Å². The Balaban J connectivity index is 1.80. The van der Waals surface area contributed by atoms with Gasteiger partial charge in [-0.25, -0.2) is 0 Å². The van der Waals surface area contributed by atoms with Crippen molar-refractivity contribution in [2.45, 2.75) is 26.3 Å². The summed E-state index contributed by atoms with van der Waals surface area (Å²) in [7, 11) is 3.38. The maximum Gasteiger partial charge on any atom is 0.231 e. The summed E-state index contributed by atoms with van der Waals surface area (Å²) in [5.74, 6) is 3.19. The van der Waals surface area contributed by atoms with Crippen LogP contribution in [0, 0.1) is 0 Å². The van der Waals surface area contributed by atoms with Gasteiger partial charge in [0.1, 0.15) is 0 Å². The van der Waals surface area contributed by atoms with Crippen molar-refractivity contribution in [3.63, 3.8) is 0 Å². The van der Waals surface area contributed by atoms with Crippen LogP contribution in [0.5, 0.6) is 23.0 Å². The van der Waals surface area contributed by atoms with Crippen molar-refractivity contribution in [2.75, 3.05) is 27.6 Å². The van der Waals surface area contributed by atoms with E-state index >= 15 is 0 Å². The van der Waals surface area contributed by atoms with Crippen molar-refractivity contribution in [3.8, 4) is 23.0 Å². The predicted octanol–water partition coefficient (Wildman–Crippen LogP) is 4.81. The zero-order chi connectivity index (χ0) is 20.3. The largest absolute Gasteiger partial charge is 0.493 e. The Morgan fingerprint density at radius 1 is 1.10 bits per heavy atom. The summed E-state index contributed by atoms with van der Waals surface area (Å²) in [5.41, 5.74) is 8.34. The van der Waals surface area contributed by atoms with Gasteiger partial charge in [0.15, 0.2) is 23.0 Å². The minimum absolute atomic E-state index is 0.0207. The molecule has 1 unspecified atom stereocenters. The van der Waals surface area contributed by atoms with Crippen LogP contribution in [0.25, 0.3) is 11.3 Å². The summed E-state index contributed by atoms with van der Waals surface area (Å²) in [6.45, 7) is 9.78. The Morgan fingerprint density at radius 2 is 1.86 bits per heavy atom. The van der Waals surface area contributed by atoms with Crippen molar-refractivity contribution in [1.82, 2.24) is 4.90 Å². The van der Waals surface area contributed by atoms with Crippen LogP contribution in [-0.2, 0) is 6.42 Å². The van der Waals surface area contributed by atoms with Gasteiger partial charge in [-0.15, -0.1) is 0 Å². The third-order valence-electron chi connectivity index (χ3n) is 6.16. The lowest BCUT2D eigenvalue weighted by Gasteiger charge is -2.45. The van der Waals surface area contributed by atoms with E-state index in [1.54, 1.807) is 14.2 Å². The van der Waals surface area contributed by atoms with Gasteiger partial charge in [-0.2, -0.15) is 0 Å². The molecule has 0 spiro atoms. The molecule has 0 radical (unpaired) electrons. The van der Waals surface area contributed by atoms with Crippen LogP contribution in [0.1, 0.15) is 42.1 Å². The molecule has 0 saturated carbocycles. The van der Waals surface area contributed by atoms with Gasteiger partial charge in [0, 0.05) is 23.4 Å². The molecular formula is C24H25NO4. The van der Waals surface area contributed by atoms with Crippen molar-refractivity contribution >= 4 is 11.3 Å². The highest BCUT2D eigenvalue weighted by molar-refractivity contribution is 5.95. The molecule has 0 fully saturated rings. The number of hydrogen-bond acceptors (Lipinski definition) is 5. The number of fused-ring (bicyclic) bond motifs is 5. The summed E-state index contributed by atoms with van der Waals surface area (Å²) in [6, 6.07) is 8.40. The average molecular weight is 391 g/mol. The lowest BCUT2D eigenvalue weighted by atomic mass is 9.80. The molecule has 5 nitrogen and oxygen atoms in total. The molecule has 0 aliphatic carbocycles. The first-order valence-electron chi connectivity index (χ1n) is 9.86. The monoisotopic (exact) mass is 391 g/mol. The standard InChI is InChI=1S/C24H25NO4/c1-13(2)22-21-16(6-7-18(26-4)24(21)27-5)14(3)23-17-11-20-19(28-12-29-20)10-15(17)8-9-25(22)23/h6-7,10-11,22H,1,8-9,12H2,2-5H3. The van der Waals surface area contributed by atoms with Crippen molar-refractivity contribution in [3.05, 3.63) is 58.7 Å². The van der Waals surface area contributed by atoms with Crippen LogP contribution in [-0.4, -0.2) is 32.5 Å². The highest BCUT2D eigenvalue weighted by Crippen LogP contribution is 2.53. The molecule has 0 N–H and O–H groups in total. The number of benzene rings is 2. The van der Waals surface area contributed by atoms with E-state index in [0.717, 1.165) is 47.1 Å². The van der Waals surface area contributed by atoms with Crippen LogP contribution >= 0.6 is 0 Å². The topological polar surface area (TPSA) is 40.2 Å². The summed E-state index contributed by atoms with van der Waals surface area (Å²) in [5, 5.41) is 0. The molecule has 1 atom stereocenters. The van der Waals surface area contributed by atoms with Crippen molar-refractivity contribution in [1.29, 1.82) is 0 Å². The third kappa shape index (κ3) is 2.46. The first-order chi connectivity index (χ1) is 14.0. The summed E-state index contributed by atoms with van der Waals surface area (Å²) in [6.07, 6.45) is 0.939. The zero-order valence-corrected chi connectivity index (χ0v) is 17.3.